The molecular formula is C15H15FN4O3S. The molecule has 0 N–H and O–H groups in total. The molecule has 0 spiro atoms. The largest absolute Gasteiger partial charge is 0.371 e. The molecule has 0 unspecified atom stereocenters. The Bertz CT molecular complexity index is 904. The number of nitriles is 1. The predicted octanol–water partition coefficient (Wildman–Crippen LogP) is 1.19. The van der Waals surface area contributed by atoms with Crippen molar-refractivity contribution in [2.45, 2.75) is 11.0 Å². The van der Waals surface area contributed by atoms with Gasteiger partial charge < -0.3 is 4.74 Å². The predicted molar refractivity (Wildman–Crippen MR) is 81.8 cm³/mol. The van der Waals surface area contributed by atoms with Gasteiger partial charge in [-0.05, 0) is 18.2 Å². The number of hydrogen-bond donors (Lipinski definition) is 0. The smallest absolute Gasteiger partial charge is 0.243 e. The Balaban J connectivity index is 1.88. The van der Waals surface area contributed by atoms with Crippen LogP contribution in [0.1, 0.15) is 17.2 Å². The van der Waals surface area contributed by atoms with Crippen LogP contribution >= 0.6 is 0 Å². The summed E-state index contributed by atoms with van der Waals surface area (Å²) >= 11 is 0. The molecule has 0 saturated carbocycles. The number of aromatic nitrogens is 2. The van der Waals surface area contributed by atoms with Gasteiger partial charge in [0.15, 0.2) is 0 Å². The Morgan fingerprint density at radius 1 is 1.46 bits per heavy atom. The number of sulfonamides is 1. The van der Waals surface area contributed by atoms with Crippen molar-refractivity contribution >= 4 is 10.0 Å². The van der Waals surface area contributed by atoms with Gasteiger partial charge in [0.05, 0.1) is 29.4 Å². The molecular weight excluding hydrogens is 335 g/mol. The summed E-state index contributed by atoms with van der Waals surface area (Å²) in [5.74, 6) is -0.744. The fraction of sp³-hybridized carbons (Fsp3) is 0.333. The van der Waals surface area contributed by atoms with E-state index in [1.807, 2.05) is 0 Å². The molecule has 1 saturated heterocycles. The highest BCUT2D eigenvalue weighted by Crippen LogP contribution is 2.26. The summed E-state index contributed by atoms with van der Waals surface area (Å²) in [6, 6.07) is 4.87. The number of nitrogens with zero attached hydrogens (tertiary/aromatic N) is 4. The molecule has 9 heteroatoms. The average Bonchev–Trinajstić information content (AvgIpc) is 3.02. The molecule has 126 valence electrons. The van der Waals surface area contributed by atoms with Gasteiger partial charge in [-0.1, -0.05) is 0 Å². The van der Waals surface area contributed by atoms with E-state index < -0.39 is 21.9 Å². The zero-order valence-electron chi connectivity index (χ0n) is 12.9. The number of morpholine rings is 1. The SMILES string of the molecule is Cn1cc([C@@H]2CN(S(=O)(=O)c3ccc(F)c(C#N)c3)CCO2)cn1. The minimum Gasteiger partial charge on any atom is -0.371 e. The van der Waals surface area contributed by atoms with Crippen LogP contribution in [0.4, 0.5) is 4.39 Å². The number of hydrogen-bond acceptors (Lipinski definition) is 5. The first-order chi connectivity index (χ1) is 11.4. The van der Waals surface area contributed by atoms with Gasteiger partial charge in [-0.2, -0.15) is 14.7 Å². The van der Waals surface area contributed by atoms with Crippen molar-refractivity contribution in [1.29, 1.82) is 5.26 Å². The van der Waals surface area contributed by atoms with E-state index in [9.17, 15) is 12.8 Å². The minimum atomic E-state index is -3.84. The average molecular weight is 350 g/mol. The van der Waals surface area contributed by atoms with Crippen LogP contribution in [0.2, 0.25) is 0 Å². The molecule has 0 aliphatic carbocycles. The van der Waals surface area contributed by atoms with Gasteiger partial charge in [0.25, 0.3) is 0 Å². The first kappa shape index (κ1) is 16.6. The maximum atomic E-state index is 13.4. The van der Waals surface area contributed by atoms with Gasteiger partial charge in [-0.25, -0.2) is 12.8 Å². The molecule has 1 aliphatic rings. The molecule has 24 heavy (non-hydrogen) atoms. The summed E-state index contributed by atoms with van der Waals surface area (Å²) in [4.78, 5) is -0.104. The summed E-state index contributed by atoms with van der Waals surface area (Å²) in [6.07, 6.45) is 2.98. The monoisotopic (exact) mass is 350 g/mol. The second-order valence-corrected chi connectivity index (χ2v) is 7.36. The van der Waals surface area contributed by atoms with Gasteiger partial charge in [-0.3, -0.25) is 4.68 Å². The van der Waals surface area contributed by atoms with Crippen LogP contribution in [0.25, 0.3) is 0 Å². The van der Waals surface area contributed by atoms with E-state index in [4.69, 9.17) is 10.00 Å². The molecule has 0 radical (unpaired) electrons. The van der Waals surface area contributed by atoms with Crippen LogP contribution in [0.15, 0.2) is 35.5 Å². The molecule has 0 amide bonds. The molecule has 1 atom stereocenters. The number of benzene rings is 1. The van der Waals surface area contributed by atoms with E-state index in [0.717, 1.165) is 17.7 Å². The van der Waals surface area contributed by atoms with Gasteiger partial charge >= 0.3 is 0 Å². The Kier molecular flexibility index (Phi) is 4.36. The lowest BCUT2D eigenvalue weighted by Crippen LogP contribution is -2.42. The van der Waals surface area contributed by atoms with Crippen molar-refractivity contribution in [2.75, 3.05) is 19.7 Å². The lowest BCUT2D eigenvalue weighted by molar-refractivity contribution is -0.00259. The topological polar surface area (TPSA) is 88.2 Å². The summed E-state index contributed by atoms with van der Waals surface area (Å²) in [6.45, 7) is 0.566. The minimum absolute atomic E-state index is 0.104. The summed E-state index contributed by atoms with van der Waals surface area (Å²) in [5.41, 5.74) is 0.488. The van der Waals surface area contributed by atoms with Gasteiger partial charge in [0, 0.05) is 31.9 Å². The second-order valence-electron chi connectivity index (χ2n) is 5.42. The number of rotatable bonds is 3. The first-order valence-corrected chi connectivity index (χ1v) is 8.66. The third-order valence-corrected chi connectivity index (χ3v) is 5.68. The van der Waals surface area contributed by atoms with E-state index in [1.54, 1.807) is 30.2 Å². The molecule has 1 aliphatic heterocycles. The lowest BCUT2D eigenvalue weighted by Gasteiger charge is -2.31. The van der Waals surface area contributed by atoms with Gasteiger partial charge in [0.2, 0.25) is 10.0 Å². The van der Waals surface area contributed by atoms with E-state index in [2.05, 4.69) is 5.10 Å². The van der Waals surface area contributed by atoms with Crippen molar-refractivity contribution in [3.63, 3.8) is 0 Å². The van der Waals surface area contributed by atoms with E-state index >= 15 is 0 Å². The maximum absolute atomic E-state index is 13.4. The van der Waals surface area contributed by atoms with E-state index in [0.29, 0.717) is 0 Å². The molecule has 3 rings (SSSR count). The molecule has 7 nitrogen and oxygen atoms in total. The highest BCUT2D eigenvalue weighted by Gasteiger charge is 2.32. The second kappa shape index (κ2) is 6.32. The summed E-state index contributed by atoms with van der Waals surface area (Å²) in [7, 11) is -2.07. The van der Waals surface area contributed by atoms with Crippen LogP contribution in [0.3, 0.4) is 0 Å². The van der Waals surface area contributed by atoms with Crippen molar-refractivity contribution in [3.05, 3.63) is 47.5 Å². The first-order valence-electron chi connectivity index (χ1n) is 7.22. The Morgan fingerprint density at radius 3 is 2.92 bits per heavy atom. The fourth-order valence-corrected chi connectivity index (χ4v) is 4.00. The number of aryl methyl sites for hydroxylation is 1. The molecule has 2 aromatic rings. The molecule has 1 fully saturated rings. The van der Waals surface area contributed by atoms with Crippen LogP contribution < -0.4 is 0 Å². The van der Waals surface area contributed by atoms with Crippen molar-refractivity contribution < 1.29 is 17.5 Å². The highest BCUT2D eigenvalue weighted by molar-refractivity contribution is 7.89. The number of ether oxygens (including phenoxy) is 1. The molecule has 1 aromatic heterocycles. The van der Waals surface area contributed by atoms with Gasteiger partial charge in [0.1, 0.15) is 11.9 Å². The van der Waals surface area contributed by atoms with Crippen LogP contribution in [-0.4, -0.2) is 42.2 Å². The van der Waals surface area contributed by atoms with Crippen LogP contribution in [0, 0.1) is 17.1 Å². The van der Waals surface area contributed by atoms with E-state index in [1.165, 1.54) is 10.4 Å². The van der Waals surface area contributed by atoms with Crippen LogP contribution in [0.5, 0.6) is 0 Å². The van der Waals surface area contributed by atoms with Gasteiger partial charge in [-0.15, -0.1) is 0 Å². The highest BCUT2D eigenvalue weighted by atomic mass is 32.2. The third-order valence-electron chi connectivity index (χ3n) is 3.82. The summed E-state index contributed by atoms with van der Waals surface area (Å²) < 4.78 is 47.5. The lowest BCUT2D eigenvalue weighted by atomic mass is 10.2. The Morgan fingerprint density at radius 2 is 2.25 bits per heavy atom. The van der Waals surface area contributed by atoms with Crippen molar-refractivity contribution in [1.82, 2.24) is 14.1 Å². The Labute approximate surface area is 138 Å². The number of halogens is 1. The standard InChI is InChI=1S/C15H15FN4O3S/c1-19-9-12(8-18-19)15-10-20(4-5-23-15)24(21,22)13-2-3-14(16)11(6-13)7-17/h2-3,6,8-9,15H,4-5,10H2,1H3/t15-/m0/s1. The third kappa shape index (κ3) is 3.03. The van der Waals surface area contributed by atoms with E-state index in [-0.39, 0.29) is 30.2 Å². The Hall–Kier alpha value is -2.28. The quantitative estimate of drug-likeness (QED) is 0.830. The maximum Gasteiger partial charge on any atom is 0.243 e. The zero-order valence-corrected chi connectivity index (χ0v) is 13.7. The normalized spacial score (nSPS) is 19.1. The fourth-order valence-electron chi connectivity index (χ4n) is 2.55. The van der Waals surface area contributed by atoms with Crippen molar-refractivity contribution in [2.24, 2.45) is 7.05 Å². The van der Waals surface area contributed by atoms with Crippen molar-refractivity contribution in [3.8, 4) is 6.07 Å². The summed E-state index contributed by atoms with van der Waals surface area (Å²) in [5, 5.41) is 12.9. The molecule has 0 bridgehead atoms. The molecule has 1 aromatic carbocycles. The molecule has 2 heterocycles. The zero-order chi connectivity index (χ0) is 17.3. The van der Waals surface area contributed by atoms with Crippen LogP contribution in [-0.2, 0) is 21.8 Å².